The van der Waals surface area contributed by atoms with Gasteiger partial charge in [-0.25, -0.2) is 9.59 Å². The zero-order valence-corrected chi connectivity index (χ0v) is 17.6. The van der Waals surface area contributed by atoms with Gasteiger partial charge < -0.3 is 14.8 Å². The Kier molecular flexibility index (Phi) is 6.24. The van der Waals surface area contributed by atoms with Gasteiger partial charge in [-0.05, 0) is 53.2 Å². The predicted molar refractivity (Wildman–Crippen MR) is 105 cm³/mol. The van der Waals surface area contributed by atoms with Crippen molar-refractivity contribution < 1.29 is 19.1 Å². The molecular weight excluding hydrogens is 380 g/mol. The lowest BCUT2D eigenvalue weighted by molar-refractivity contribution is -0.157. The van der Waals surface area contributed by atoms with Gasteiger partial charge in [-0.2, -0.15) is 14.0 Å². The molecule has 150 valence electrons. The summed E-state index contributed by atoms with van der Waals surface area (Å²) in [6, 6.07) is 4.42. The van der Waals surface area contributed by atoms with Gasteiger partial charge in [-0.15, -0.1) is 0 Å². The van der Waals surface area contributed by atoms with Gasteiger partial charge in [0, 0.05) is 6.42 Å². The molecule has 0 bridgehead atoms. The number of carbonyl (C=O) groups is 2. The molecule has 0 saturated heterocycles. The lowest BCUT2D eigenvalue weighted by Gasteiger charge is -2.26. The first-order chi connectivity index (χ1) is 12.9. The van der Waals surface area contributed by atoms with Crippen LogP contribution in [-0.2, 0) is 20.7 Å². The van der Waals surface area contributed by atoms with Crippen LogP contribution < -0.4 is 5.32 Å². The number of nitrogens with one attached hydrogen (secondary N) is 1. The molecule has 1 heterocycles. The van der Waals surface area contributed by atoms with Crippen LogP contribution in [0.2, 0.25) is 0 Å². The van der Waals surface area contributed by atoms with Crippen molar-refractivity contribution in [2.75, 3.05) is 0 Å². The smallest absolute Gasteiger partial charge is 0.408 e. The molecule has 1 N–H and O–H groups in total. The van der Waals surface area contributed by atoms with Crippen molar-refractivity contribution in [1.82, 2.24) is 14.1 Å². The number of aromatic nitrogens is 2. The molecule has 0 radical (unpaired) electrons. The summed E-state index contributed by atoms with van der Waals surface area (Å²) in [7, 11) is 0. The number of ether oxygens (including phenoxy) is 2. The summed E-state index contributed by atoms with van der Waals surface area (Å²) in [5.74, 6) is -0.584. The fraction of sp³-hybridized carbons (Fsp3) is 0.526. The van der Waals surface area contributed by atoms with E-state index in [1.165, 1.54) is 0 Å². The molecule has 0 unspecified atom stereocenters. The number of esters is 1. The van der Waals surface area contributed by atoms with Gasteiger partial charge in [-0.1, -0.05) is 6.07 Å². The highest BCUT2D eigenvalue weighted by atomic mass is 32.1. The SMILES string of the molecule is CC(C)(C)OC(=O)N[C@@H](Cc1ccc(C#N)c2nsnc12)C(=O)OC(C)(C)C. The number of benzene rings is 1. The molecule has 1 amide bonds. The van der Waals surface area contributed by atoms with Crippen LogP contribution in [0.15, 0.2) is 12.1 Å². The van der Waals surface area contributed by atoms with E-state index in [9.17, 15) is 14.9 Å². The minimum atomic E-state index is -0.980. The number of nitrogens with zero attached hydrogens (tertiary/aromatic N) is 3. The van der Waals surface area contributed by atoms with Crippen molar-refractivity contribution in [3.05, 3.63) is 23.3 Å². The molecule has 0 aliphatic heterocycles. The molecule has 1 aromatic carbocycles. The highest BCUT2D eigenvalue weighted by Gasteiger charge is 2.30. The number of nitriles is 1. The number of hydrogen-bond acceptors (Lipinski definition) is 8. The van der Waals surface area contributed by atoms with Gasteiger partial charge in [0.15, 0.2) is 0 Å². The average molecular weight is 404 g/mol. The molecule has 0 aliphatic rings. The second-order valence-electron chi connectivity index (χ2n) is 8.28. The predicted octanol–water partition coefficient (Wildman–Crippen LogP) is 3.34. The Bertz CT molecular complexity index is 919. The average Bonchev–Trinajstić information content (AvgIpc) is 3.01. The molecule has 0 aliphatic carbocycles. The molecule has 0 fully saturated rings. The lowest BCUT2D eigenvalue weighted by Crippen LogP contribution is -2.47. The van der Waals surface area contributed by atoms with Crippen molar-refractivity contribution >= 4 is 34.8 Å². The topological polar surface area (TPSA) is 114 Å². The molecule has 2 rings (SSSR count). The molecule has 9 heteroatoms. The quantitative estimate of drug-likeness (QED) is 0.777. The van der Waals surface area contributed by atoms with Crippen molar-refractivity contribution in [1.29, 1.82) is 5.26 Å². The van der Waals surface area contributed by atoms with Gasteiger partial charge in [0.1, 0.15) is 34.3 Å². The Hall–Kier alpha value is -2.73. The van der Waals surface area contributed by atoms with E-state index in [0.29, 0.717) is 22.2 Å². The summed E-state index contributed by atoms with van der Waals surface area (Å²) < 4.78 is 19.1. The number of carbonyl (C=O) groups excluding carboxylic acids is 2. The van der Waals surface area contributed by atoms with E-state index >= 15 is 0 Å². The first-order valence-corrected chi connectivity index (χ1v) is 9.49. The Labute approximate surface area is 168 Å². The molecule has 2 aromatic rings. The van der Waals surface area contributed by atoms with Crippen LogP contribution in [0.5, 0.6) is 0 Å². The van der Waals surface area contributed by atoms with Crippen LogP contribution in [0.3, 0.4) is 0 Å². The van der Waals surface area contributed by atoms with Crippen LogP contribution in [0.25, 0.3) is 11.0 Å². The second-order valence-corrected chi connectivity index (χ2v) is 8.81. The maximum Gasteiger partial charge on any atom is 0.408 e. The maximum atomic E-state index is 12.7. The van der Waals surface area contributed by atoms with Crippen molar-refractivity contribution in [3.63, 3.8) is 0 Å². The monoisotopic (exact) mass is 404 g/mol. The Morgan fingerprint density at radius 2 is 1.71 bits per heavy atom. The fourth-order valence-corrected chi connectivity index (χ4v) is 3.00. The summed E-state index contributed by atoms with van der Waals surface area (Å²) in [5, 5.41) is 11.8. The molecule has 28 heavy (non-hydrogen) atoms. The molecule has 1 aromatic heterocycles. The van der Waals surface area contributed by atoms with E-state index < -0.39 is 29.3 Å². The molecule has 1 atom stereocenters. The third-order valence-electron chi connectivity index (χ3n) is 3.43. The van der Waals surface area contributed by atoms with E-state index in [1.54, 1.807) is 53.7 Å². The van der Waals surface area contributed by atoms with Crippen molar-refractivity contribution in [2.24, 2.45) is 0 Å². The summed E-state index contributed by atoms with van der Waals surface area (Å²) in [4.78, 5) is 24.9. The lowest BCUT2D eigenvalue weighted by atomic mass is 10.0. The maximum absolute atomic E-state index is 12.7. The molecular formula is C19H24N4O4S. The standard InChI is InChI=1S/C19H24N4O4S/c1-18(2,3)26-16(24)13(21-17(25)27-19(4,5)6)9-11-7-8-12(10-20)15-14(11)22-28-23-15/h7-8,13H,9H2,1-6H3,(H,21,25)/t13-/m0/s1. The first kappa shape index (κ1) is 21.6. The number of rotatable bonds is 4. The molecule has 8 nitrogen and oxygen atoms in total. The van der Waals surface area contributed by atoms with Gasteiger partial charge >= 0.3 is 12.1 Å². The summed E-state index contributed by atoms with van der Waals surface area (Å²) in [6.45, 7) is 10.5. The number of fused-ring (bicyclic) bond motifs is 1. The minimum Gasteiger partial charge on any atom is -0.458 e. The van der Waals surface area contributed by atoms with Crippen LogP contribution in [0, 0.1) is 11.3 Å². The zero-order chi connectivity index (χ0) is 21.1. The summed E-state index contributed by atoms with van der Waals surface area (Å²) >= 11 is 0.985. The Morgan fingerprint density at radius 1 is 1.11 bits per heavy atom. The summed E-state index contributed by atoms with van der Waals surface area (Å²) in [6.07, 6.45) is -0.591. The highest BCUT2D eigenvalue weighted by molar-refractivity contribution is 7.00. The highest BCUT2D eigenvalue weighted by Crippen LogP contribution is 2.23. The number of amides is 1. The van der Waals surface area contributed by atoms with Crippen LogP contribution in [0.4, 0.5) is 4.79 Å². The second kappa shape index (κ2) is 8.10. The van der Waals surface area contributed by atoms with E-state index in [-0.39, 0.29) is 6.42 Å². The third kappa shape index (κ3) is 5.89. The van der Waals surface area contributed by atoms with E-state index in [0.717, 1.165) is 11.7 Å². The minimum absolute atomic E-state index is 0.127. The van der Waals surface area contributed by atoms with Gasteiger partial charge in [0.25, 0.3) is 0 Å². The summed E-state index contributed by atoms with van der Waals surface area (Å²) in [5.41, 5.74) is 0.667. The first-order valence-electron chi connectivity index (χ1n) is 8.76. The van der Waals surface area contributed by atoms with Crippen molar-refractivity contribution in [2.45, 2.75) is 65.2 Å². The number of hydrogen-bond donors (Lipinski definition) is 1. The third-order valence-corrected chi connectivity index (χ3v) is 3.95. The molecule has 0 saturated carbocycles. The van der Waals surface area contributed by atoms with Gasteiger partial charge in [0.2, 0.25) is 0 Å². The van der Waals surface area contributed by atoms with Crippen LogP contribution >= 0.6 is 11.7 Å². The zero-order valence-electron chi connectivity index (χ0n) is 16.8. The Morgan fingerprint density at radius 3 is 2.29 bits per heavy atom. The van der Waals surface area contributed by atoms with E-state index in [2.05, 4.69) is 20.1 Å². The molecule has 0 spiro atoms. The van der Waals surface area contributed by atoms with E-state index in [4.69, 9.17) is 9.47 Å². The number of alkyl carbamates (subject to hydrolysis) is 1. The van der Waals surface area contributed by atoms with Crippen LogP contribution in [0.1, 0.15) is 52.7 Å². The Balaban J connectivity index is 2.32. The van der Waals surface area contributed by atoms with Crippen molar-refractivity contribution in [3.8, 4) is 6.07 Å². The van der Waals surface area contributed by atoms with Crippen LogP contribution in [-0.4, -0.2) is 38.1 Å². The normalized spacial score (nSPS) is 12.9. The van der Waals surface area contributed by atoms with Gasteiger partial charge in [0.05, 0.1) is 17.3 Å². The van der Waals surface area contributed by atoms with E-state index in [1.807, 2.05) is 0 Å². The fourth-order valence-electron chi connectivity index (χ4n) is 2.41. The van der Waals surface area contributed by atoms with Gasteiger partial charge in [-0.3, -0.25) is 0 Å². The largest absolute Gasteiger partial charge is 0.458 e.